The minimum Gasteiger partial charge on any atom is -0.454 e. The first kappa shape index (κ1) is 26.9. The Hall–Kier alpha value is -4.26. The molecule has 1 aliphatic heterocycles. The number of amides is 3. The number of imide groups is 1. The van der Waals surface area contributed by atoms with Crippen molar-refractivity contribution in [2.45, 2.75) is 52.0 Å². The largest absolute Gasteiger partial charge is 0.454 e. The number of ether oxygens (including phenoxy) is 1. The lowest BCUT2D eigenvalue weighted by atomic mass is 9.55. The molecule has 3 aliphatic carbocycles. The zero-order valence-corrected chi connectivity index (χ0v) is 23.7. The highest BCUT2D eigenvalue weighted by Gasteiger charge is 2.63. The second kappa shape index (κ2) is 10.3. The highest BCUT2D eigenvalue weighted by molar-refractivity contribution is 6.10. The van der Waals surface area contributed by atoms with Gasteiger partial charge < -0.3 is 10.1 Å². The van der Waals surface area contributed by atoms with E-state index in [-0.39, 0.29) is 36.0 Å². The smallest absolute Gasteiger partial charge is 0.329 e. The van der Waals surface area contributed by atoms with Gasteiger partial charge >= 0.3 is 5.97 Å². The Morgan fingerprint density at radius 1 is 0.805 bits per heavy atom. The number of hydrogen-bond acceptors (Lipinski definition) is 5. The van der Waals surface area contributed by atoms with Crippen LogP contribution in [0.15, 0.2) is 66.7 Å². The molecular weight excluding hydrogens is 516 g/mol. The maximum absolute atomic E-state index is 14.1. The van der Waals surface area contributed by atoms with Gasteiger partial charge in [0.25, 0.3) is 5.91 Å². The molecule has 1 heterocycles. The third-order valence-electron chi connectivity index (χ3n) is 8.61. The number of anilines is 1. The van der Waals surface area contributed by atoms with E-state index >= 15 is 0 Å². The number of benzene rings is 3. The number of aryl methyl sites for hydroxylation is 2. The van der Waals surface area contributed by atoms with Gasteiger partial charge in [-0.1, -0.05) is 68.4 Å². The second-order valence-electron chi connectivity index (χ2n) is 12.0. The van der Waals surface area contributed by atoms with Crippen LogP contribution in [-0.2, 0) is 23.9 Å². The number of carbonyl (C=O) groups excluding carboxylic acids is 4. The van der Waals surface area contributed by atoms with Crippen LogP contribution < -0.4 is 5.32 Å². The highest BCUT2D eigenvalue weighted by atomic mass is 16.5. The van der Waals surface area contributed by atoms with Crippen molar-refractivity contribution in [1.82, 2.24) is 4.90 Å². The lowest BCUT2D eigenvalue weighted by molar-refractivity contribution is -0.160. The molecule has 41 heavy (non-hydrogen) atoms. The molecule has 3 aromatic rings. The van der Waals surface area contributed by atoms with E-state index in [4.69, 9.17) is 4.74 Å². The van der Waals surface area contributed by atoms with E-state index in [9.17, 15) is 19.2 Å². The molecular formula is C34H34N2O5. The molecule has 3 amide bonds. The predicted octanol–water partition coefficient (Wildman–Crippen LogP) is 5.09. The number of esters is 1. The maximum atomic E-state index is 14.1. The van der Waals surface area contributed by atoms with Crippen LogP contribution in [0, 0.1) is 31.6 Å². The molecule has 0 unspecified atom stereocenters. The minimum atomic E-state index is -1.10. The van der Waals surface area contributed by atoms with Crippen LogP contribution in [-0.4, -0.2) is 41.2 Å². The van der Waals surface area contributed by atoms with E-state index in [2.05, 4.69) is 5.32 Å². The normalized spacial score (nSPS) is 22.7. The van der Waals surface area contributed by atoms with Crippen molar-refractivity contribution in [2.24, 2.45) is 17.8 Å². The van der Waals surface area contributed by atoms with Gasteiger partial charge in [-0.15, -0.1) is 0 Å². The van der Waals surface area contributed by atoms with Crippen molar-refractivity contribution in [3.05, 3.63) is 100 Å². The Morgan fingerprint density at radius 3 is 1.71 bits per heavy atom. The number of carbonyl (C=O) groups is 4. The molecule has 3 aromatic carbocycles. The Morgan fingerprint density at radius 2 is 1.27 bits per heavy atom. The molecule has 2 bridgehead atoms. The summed E-state index contributed by atoms with van der Waals surface area (Å²) in [6.45, 7) is 7.22. The molecule has 4 aliphatic rings. The summed E-state index contributed by atoms with van der Waals surface area (Å²) in [6.07, 6.45) is 0.254. The Balaban J connectivity index is 1.26. The number of nitrogens with one attached hydrogen (secondary N) is 1. The average Bonchev–Trinajstić information content (AvgIpc) is 3.19. The molecule has 210 valence electrons. The summed E-state index contributed by atoms with van der Waals surface area (Å²) in [6, 6.07) is 20.6. The van der Waals surface area contributed by atoms with Crippen LogP contribution in [0.3, 0.4) is 0 Å². The van der Waals surface area contributed by atoms with Gasteiger partial charge in [0.05, 0.1) is 11.8 Å². The van der Waals surface area contributed by atoms with Gasteiger partial charge in [0, 0.05) is 17.5 Å². The summed E-state index contributed by atoms with van der Waals surface area (Å²) in [4.78, 5) is 55.6. The van der Waals surface area contributed by atoms with Gasteiger partial charge in [0.1, 0.15) is 6.04 Å². The van der Waals surface area contributed by atoms with E-state index < -0.39 is 36.4 Å². The van der Waals surface area contributed by atoms with Crippen molar-refractivity contribution in [2.75, 3.05) is 11.9 Å². The van der Waals surface area contributed by atoms with E-state index in [1.54, 1.807) is 0 Å². The fourth-order valence-electron chi connectivity index (χ4n) is 7.24. The Kier molecular flexibility index (Phi) is 6.76. The molecule has 1 N–H and O–H groups in total. The predicted molar refractivity (Wildman–Crippen MR) is 154 cm³/mol. The third kappa shape index (κ3) is 4.53. The van der Waals surface area contributed by atoms with Crippen LogP contribution in [0.2, 0.25) is 0 Å². The summed E-state index contributed by atoms with van der Waals surface area (Å²) in [5, 5.41) is 2.76. The minimum absolute atomic E-state index is 0.00555. The van der Waals surface area contributed by atoms with E-state index in [0.717, 1.165) is 38.3 Å². The highest BCUT2D eigenvalue weighted by Crippen LogP contribution is 2.61. The summed E-state index contributed by atoms with van der Waals surface area (Å²) in [7, 11) is 0. The number of hydrogen-bond donors (Lipinski definition) is 1. The van der Waals surface area contributed by atoms with Gasteiger partial charge in [0.2, 0.25) is 11.8 Å². The zero-order valence-electron chi connectivity index (χ0n) is 23.7. The van der Waals surface area contributed by atoms with Crippen molar-refractivity contribution < 1.29 is 23.9 Å². The summed E-state index contributed by atoms with van der Waals surface area (Å²) in [5.41, 5.74) is 6.92. The Bertz CT molecular complexity index is 1440. The SMILES string of the molecule is Cc1cc(C)cc(NC(=O)COC(=O)[C@H](CC(C)C)N2C(=O)[C@@H]3C4c5ccccc5C(c5ccccc54)[C@H]3C2=O)c1. The van der Waals surface area contributed by atoms with Crippen molar-refractivity contribution >= 4 is 29.4 Å². The van der Waals surface area contributed by atoms with Gasteiger partial charge in [0.15, 0.2) is 6.61 Å². The number of likely N-dealkylation sites (tertiary alicyclic amines) is 1. The molecule has 1 fully saturated rings. The van der Waals surface area contributed by atoms with Crippen LogP contribution in [0.1, 0.15) is 65.5 Å². The molecule has 7 rings (SSSR count). The molecule has 7 heteroatoms. The summed E-state index contributed by atoms with van der Waals surface area (Å²) in [5.74, 6) is -3.54. The fraction of sp³-hybridized carbons (Fsp3) is 0.353. The van der Waals surface area contributed by atoms with Crippen LogP contribution in [0.25, 0.3) is 0 Å². The lowest BCUT2D eigenvalue weighted by Gasteiger charge is -2.45. The first-order valence-corrected chi connectivity index (χ1v) is 14.2. The number of nitrogens with zero attached hydrogens (tertiary/aromatic N) is 1. The summed E-state index contributed by atoms with van der Waals surface area (Å²) < 4.78 is 5.46. The molecule has 3 atom stereocenters. The van der Waals surface area contributed by atoms with Crippen molar-refractivity contribution in [1.29, 1.82) is 0 Å². The van der Waals surface area contributed by atoms with Gasteiger partial charge in [-0.3, -0.25) is 19.3 Å². The van der Waals surface area contributed by atoms with Crippen LogP contribution >= 0.6 is 0 Å². The number of rotatable bonds is 7. The Labute approximate surface area is 239 Å². The monoisotopic (exact) mass is 550 g/mol. The van der Waals surface area contributed by atoms with Crippen LogP contribution in [0.4, 0.5) is 5.69 Å². The topological polar surface area (TPSA) is 92.8 Å². The first-order valence-electron chi connectivity index (χ1n) is 14.2. The first-order chi connectivity index (χ1) is 19.7. The second-order valence-corrected chi connectivity index (χ2v) is 12.0. The summed E-state index contributed by atoms with van der Waals surface area (Å²) >= 11 is 0. The molecule has 7 nitrogen and oxygen atoms in total. The van der Waals surface area contributed by atoms with E-state index in [0.29, 0.717) is 5.69 Å². The van der Waals surface area contributed by atoms with Gasteiger partial charge in [-0.25, -0.2) is 4.79 Å². The molecule has 0 spiro atoms. The van der Waals surface area contributed by atoms with Crippen molar-refractivity contribution in [3.8, 4) is 0 Å². The van der Waals surface area contributed by atoms with E-state index in [1.807, 2.05) is 94.4 Å². The lowest BCUT2D eigenvalue weighted by Crippen LogP contribution is -2.47. The van der Waals surface area contributed by atoms with Crippen LogP contribution in [0.5, 0.6) is 0 Å². The van der Waals surface area contributed by atoms with Gasteiger partial charge in [-0.05, 0) is 71.7 Å². The average molecular weight is 551 g/mol. The molecule has 0 saturated carbocycles. The maximum Gasteiger partial charge on any atom is 0.329 e. The zero-order chi connectivity index (χ0) is 29.0. The molecule has 0 radical (unpaired) electrons. The van der Waals surface area contributed by atoms with Gasteiger partial charge in [-0.2, -0.15) is 0 Å². The molecule has 1 saturated heterocycles. The standard InChI is InChI=1S/C34H34N2O5/c1-18(2)13-26(34(40)41-17-27(37)35-21-15-19(3)14-20(4)16-21)36-32(38)30-28-22-9-5-6-10-23(22)29(31(30)33(36)39)25-12-8-7-11-24(25)28/h5-12,14-16,18,26,28-31H,13,17H2,1-4H3,(H,35,37)/t26-,28?,29?,30+,31+/m0/s1. The fourth-order valence-corrected chi connectivity index (χ4v) is 7.24. The molecule has 0 aromatic heterocycles. The third-order valence-corrected chi connectivity index (χ3v) is 8.61. The quantitative estimate of drug-likeness (QED) is 0.327. The van der Waals surface area contributed by atoms with Crippen molar-refractivity contribution in [3.63, 3.8) is 0 Å². The van der Waals surface area contributed by atoms with E-state index in [1.165, 1.54) is 0 Å².